The predicted octanol–water partition coefficient (Wildman–Crippen LogP) is 2.38. The molecule has 0 unspecified atom stereocenters. The Morgan fingerprint density at radius 2 is 2.11 bits per heavy atom. The summed E-state index contributed by atoms with van der Waals surface area (Å²) in [7, 11) is 0. The monoisotopic (exact) mass is 261 g/mol. The van der Waals surface area contributed by atoms with Gasteiger partial charge in [0.1, 0.15) is 5.52 Å². The van der Waals surface area contributed by atoms with E-state index < -0.39 is 6.09 Å². The Morgan fingerprint density at radius 1 is 1.37 bits per heavy atom. The summed E-state index contributed by atoms with van der Waals surface area (Å²) >= 11 is 0. The number of hydrogen-bond donors (Lipinski definition) is 2. The quantitative estimate of drug-likeness (QED) is 0.867. The Hall–Kier alpha value is -2.24. The van der Waals surface area contributed by atoms with Crippen molar-refractivity contribution in [2.24, 2.45) is 0 Å². The number of anilines is 1. The molecule has 1 aromatic carbocycles. The summed E-state index contributed by atoms with van der Waals surface area (Å²) < 4.78 is 5.59. The van der Waals surface area contributed by atoms with Crippen LogP contribution in [0.5, 0.6) is 0 Å². The second kappa shape index (κ2) is 4.79. The van der Waals surface area contributed by atoms with Gasteiger partial charge in [0.25, 0.3) is 6.01 Å². The van der Waals surface area contributed by atoms with Crippen LogP contribution in [0.3, 0.4) is 0 Å². The van der Waals surface area contributed by atoms with Crippen molar-refractivity contribution >= 4 is 23.2 Å². The highest BCUT2D eigenvalue weighted by atomic mass is 16.4. The maximum Gasteiger partial charge on any atom is 0.407 e. The first kappa shape index (κ1) is 11.8. The molecule has 2 heterocycles. The Bertz CT molecular complexity index is 555. The standard InChI is InChI=1S/C13H15N3O3/c17-13(18)16-7-5-9(6-8-16)14-12-15-10-3-1-2-4-11(10)19-12/h1-4,9H,5-8H2,(H,14,15)(H,17,18). The number of carbonyl (C=O) groups is 1. The lowest BCUT2D eigenvalue weighted by Gasteiger charge is -2.29. The number of nitrogens with one attached hydrogen (secondary N) is 1. The summed E-state index contributed by atoms with van der Waals surface area (Å²) in [6.07, 6.45) is 0.691. The number of aromatic nitrogens is 1. The van der Waals surface area contributed by atoms with E-state index in [0.717, 1.165) is 23.9 Å². The highest BCUT2D eigenvalue weighted by molar-refractivity contribution is 5.74. The van der Waals surface area contributed by atoms with Gasteiger partial charge in [-0.25, -0.2) is 4.79 Å². The van der Waals surface area contributed by atoms with Crippen molar-refractivity contribution in [3.8, 4) is 0 Å². The molecule has 1 fully saturated rings. The van der Waals surface area contributed by atoms with Gasteiger partial charge in [-0.05, 0) is 25.0 Å². The fraction of sp³-hybridized carbons (Fsp3) is 0.385. The van der Waals surface area contributed by atoms with Gasteiger partial charge in [-0.3, -0.25) is 0 Å². The SMILES string of the molecule is O=C(O)N1CCC(Nc2nc3ccccc3o2)CC1. The number of oxazole rings is 1. The highest BCUT2D eigenvalue weighted by Crippen LogP contribution is 2.21. The van der Waals surface area contributed by atoms with E-state index in [1.807, 2.05) is 24.3 Å². The molecular weight excluding hydrogens is 246 g/mol. The minimum atomic E-state index is -0.847. The molecule has 6 heteroatoms. The molecule has 1 aliphatic heterocycles. The molecule has 2 aromatic rings. The van der Waals surface area contributed by atoms with Crippen LogP contribution in [0, 0.1) is 0 Å². The zero-order chi connectivity index (χ0) is 13.2. The van der Waals surface area contributed by atoms with Crippen LogP contribution in [0.1, 0.15) is 12.8 Å². The second-order valence-electron chi connectivity index (χ2n) is 4.67. The number of rotatable bonds is 2. The molecule has 1 aromatic heterocycles. The number of amides is 1. The van der Waals surface area contributed by atoms with Gasteiger partial charge in [-0.1, -0.05) is 12.1 Å². The normalized spacial score (nSPS) is 16.7. The van der Waals surface area contributed by atoms with Gasteiger partial charge in [-0.2, -0.15) is 4.98 Å². The van der Waals surface area contributed by atoms with Crippen molar-refractivity contribution in [3.05, 3.63) is 24.3 Å². The highest BCUT2D eigenvalue weighted by Gasteiger charge is 2.23. The van der Waals surface area contributed by atoms with Crippen LogP contribution in [-0.2, 0) is 0 Å². The Morgan fingerprint density at radius 3 is 2.79 bits per heavy atom. The number of hydrogen-bond acceptors (Lipinski definition) is 4. The fourth-order valence-electron chi connectivity index (χ4n) is 2.32. The van der Waals surface area contributed by atoms with Crippen LogP contribution < -0.4 is 5.32 Å². The predicted molar refractivity (Wildman–Crippen MR) is 70.3 cm³/mol. The summed E-state index contributed by atoms with van der Waals surface area (Å²) in [5.41, 5.74) is 1.58. The molecule has 19 heavy (non-hydrogen) atoms. The van der Waals surface area contributed by atoms with Crippen molar-refractivity contribution in [2.45, 2.75) is 18.9 Å². The number of benzene rings is 1. The van der Waals surface area contributed by atoms with Crippen molar-refractivity contribution < 1.29 is 14.3 Å². The number of nitrogens with zero attached hydrogens (tertiary/aromatic N) is 2. The number of para-hydroxylation sites is 2. The third-order valence-corrected chi connectivity index (χ3v) is 3.39. The number of likely N-dealkylation sites (tertiary alicyclic amines) is 1. The van der Waals surface area contributed by atoms with E-state index in [0.29, 0.717) is 19.1 Å². The van der Waals surface area contributed by atoms with Gasteiger partial charge in [0.15, 0.2) is 5.58 Å². The van der Waals surface area contributed by atoms with Crippen molar-refractivity contribution in [1.29, 1.82) is 0 Å². The van der Waals surface area contributed by atoms with Crippen LogP contribution >= 0.6 is 0 Å². The Labute approximate surface area is 110 Å². The molecule has 0 saturated carbocycles. The lowest BCUT2D eigenvalue weighted by atomic mass is 10.1. The second-order valence-corrected chi connectivity index (χ2v) is 4.67. The van der Waals surface area contributed by atoms with E-state index in [-0.39, 0.29) is 6.04 Å². The molecule has 2 N–H and O–H groups in total. The van der Waals surface area contributed by atoms with Crippen LogP contribution in [0.25, 0.3) is 11.1 Å². The van der Waals surface area contributed by atoms with Crippen LogP contribution in [0.4, 0.5) is 10.8 Å². The first-order chi connectivity index (χ1) is 9.22. The van der Waals surface area contributed by atoms with E-state index in [9.17, 15) is 4.79 Å². The minimum Gasteiger partial charge on any atom is -0.465 e. The van der Waals surface area contributed by atoms with Gasteiger partial charge in [0.2, 0.25) is 0 Å². The van der Waals surface area contributed by atoms with Crippen molar-refractivity contribution in [1.82, 2.24) is 9.88 Å². The third kappa shape index (κ3) is 2.47. The molecule has 3 rings (SSSR count). The average molecular weight is 261 g/mol. The summed E-state index contributed by atoms with van der Waals surface area (Å²) in [5.74, 6) is 0. The van der Waals surface area contributed by atoms with Crippen LogP contribution in [0.2, 0.25) is 0 Å². The zero-order valence-electron chi connectivity index (χ0n) is 10.4. The number of piperidine rings is 1. The van der Waals surface area contributed by atoms with E-state index in [1.165, 1.54) is 4.90 Å². The minimum absolute atomic E-state index is 0.212. The first-order valence-corrected chi connectivity index (χ1v) is 6.32. The molecule has 0 atom stereocenters. The maximum atomic E-state index is 10.8. The topological polar surface area (TPSA) is 78.6 Å². The van der Waals surface area contributed by atoms with E-state index in [1.54, 1.807) is 0 Å². The van der Waals surface area contributed by atoms with Crippen LogP contribution in [0.15, 0.2) is 28.7 Å². The summed E-state index contributed by atoms with van der Waals surface area (Å²) in [6, 6.07) is 8.32. The average Bonchev–Trinajstić information content (AvgIpc) is 2.81. The maximum absolute atomic E-state index is 10.8. The molecule has 1 saturated heterocycles. The van der Waals surface area contributed by atoms with Crippen molar-refractivity contribution in [3.63, 3.8) is 0 Å². The lowest BCUT2D eigenvalue weighted by molar-refractivity contribution is 0.133. The molecule has 100 valence electrons. The third-order valence-electron chi connectivity index (χ3n) is 3.39. The molecule has 1 aliphatic rings. The summed E-state index contributed by atoms with van der Waals surface area (Å²) in [6.45, 7) is 1.10. The molecular formula is C13H15N3O3. The van der Waals surface area contributed by atoms with Crippen molar-refractivity contribution in [2.75, 3.05) is 18.4 Å². The molecule has 0 spiro atoms. The molecule has 0 aliphatic carbocycles. The lowest BCUT2D eigenvalue weighted by Crippen LogP contribution is -2.41. The summed E-state index contributed by atoms with van der Waals surface area (Å²) in [4.78, 5) is 16.6. The van der Waals surface area contributed by atoms with E-state index in [2.05, 4.69) is 10.3 Å². The molecule has 0 radical (unpaired) electrons. The van der Waals surface area contributed by atoms with Crippen LogP contribution in [-0.4, -0.2) is 40.2 Å². The van der Waals surface area contributed by atoms with Gasteiger partial charge in [0, 0.05) is 19.1 Å². The molecule has 0 bridgehead atoms. The van der Waals surface area contributed by atoms with E-state index >= 15 is 0 Å². The van der Waals surface area contributed by atoms with Gasteiger partial charge in [0.05, 0.1) is 0 Å². The fourth-order valence-corrected chi connectivity index (χ4v) is 2.32. The number of fused-ring (bicyclic) bond motifs is 1. The molecule has 1 amide bonds. The van der Waals surface area contributed by atoms with Gasteiger partial charge in [-0.15, -0.1) is 0 Å². The molecule has 6 nitrogen and oxygen atoms in total. The largest absolute Gasteiger partial charge is 0.465 e. The number of carboxylic acid groups (broad SMARTS) is 1. The Balaban J connectivity index is 1.64. The van der Waals surface area contributed by atoms with E-state index in [4.69, 9.17) is 9.52 Å². The summed E-state index contributed by atoms with van der Waals surface area (Å²) in [5, 5.41) is 12.1. The first-order valence-electron chi connectivity index (χ1n) is 6.32. The van der Waals surface area contributed by atoms with Gasteiger partial charge >= 0.3 is 6.09 Å². The Kier molecular flexibility index (Phi) is 2.98. The van der Waals surface area contributed by atoms with Gasteiger partial charge < -0.3 is 19.7 Å². The smallest absolute Gasteiger partial charge is 0.407 e. The zero-order valence-corrected chi connectivity index (χ0v) is 10.4.